The molecule has 3 rings (SSSR count). The van der Waals surface area contributed by atoms with Gasteiger partial charge in [0.1, 0.15) is 0 Å². The van der Waals surface area contributed by atoms with Crippen LogP contribution in [-0.4, -0.2) is 29.2 Å². The lowest BCUT2D eigenvalue weighted by Gasteiger charge is -2.22. The van der Waals surface area contributed by atoms with Crippen molar-refractivity contribution in [2.75, 3.05) is 25.0 Å². The molecule has 1 saturated heterocycles. The van der Waals surface area contributed by atoms with Crippen molar-refractivity contribution >= 4 is 5.95 Å². The molecular formula is C15H26N4. The fourth-order valence-corrected chi connectivity index (χ4v) is 3.40. The first-order valence-corrected chi connectivity index (χ1v) is 7.83. The van der Waals surface area contributed by atoms with E-state index in [-0.39, 0.29) is 0 Å². The molecule has 2 aliphatic rings. The van der Waals surface area contributed by atoms with Gasteiger partial charge in [-0.2, -0.15) is 0 Å². The maximum atomic E-state index is 4.77. The van der Waals surface area contributed by atoms with Crippen molar-refractivity contribution in [2.45, 2.75) is 44.9 Å². The lowest BCUT2D eigenvalue weighted by molar-refractivity contribution is 0.361. The van der Waals surface area contributed by atoms with Crippen LogP contribution in [0.1, 0.15) is 43.5 Å². The molecular weight excluding hydrogens is 236 g/mol. The molecule has 0 spiro atoms. The Labute approximate surface area is 116 Å². The molecule has 0 atom stereocenters. The second-order valence-corrected chi connectivity index (χ2v) is 6.00. The molecule has 2 N–H and O–H groups in total. The highest BCUT2D eigenvalue weighted by Crippen LogP contribution is 2.23. The van der Waals surface area contributed by atoms with Crippen LogP contribution >= 0.6 is 0 Å². The predicted molar refractivity (Wildman–Crippen MR) is 78.6 cm³/mol. The number of anilines is 1. The Balaban J connectivity index is 1.53. The van der Waals surface area contributed by atoms with Gasteiger partial charge in [-0.3, -0.25) is 0 Å². The van der Waals surface area contributed by atoms with Gasteiger partial charge >= 0.3 is 0 Å². The maximum Gasteiger partial charge on any atom is 0.203 e. The molecule has 4 nitrogen and oxygen atoms in total. The van der Waals surface area contributed by atoms with Crippen molar-refractivity contribution in [1.29, 1.82) is 0 Å². The molecule has 0 unspecified atom stereocenters. The van der Waals surface area contributed by atoms with Crippen molar-refractivity contribution in [3.8, 4) is 0 Å². The van der Waals surface area contributed by atoms with E-state index in [1.54, 1.807) is 0 Å². The number of hydrogen-bond acceptors (Lipinski definition) is 3. The first-order valence-electron chi connectivity index (χ1n) is 7.83. The molecule has 2 heterocycles. The van der Waals surface area contributed by atoms with Gasteiger partial charge in [0.2, 0.25) is 5.95 Å². The molecule has 1 fully saturated rings. The van der Waals surface area contributed by atoms with Gasteiger partial charge in [0.25, 0.3) is 0 Å². The summed E-state index contributed by atoms with van der Waals surface area (Å²) in [6.45, 7) is 3.46. The average molecular weight is 262 g/mol. The average Bonchev–Trinajstić information content (AvgIpc) is 2.78. The number of hydrogen-bond donors (Lipinski definition) is 2. The van der Waals surface area contributed by atoms with Crippen molar-refractivity contribution in [3.63, 3.8) is 0 Å². The third-order valence-corrected chi connectivity index (χ3v) is 4.67. The van der Waals surface area contributed by atoms with Crippen molar-refractivity contribution in [1.82, 2.24) is 14.9 Å². The van der Waals surface area contributed by atoms with E-state index in [2.05, 4.69) is 22.2 Å². The maximum absolute atomic E-state index is 4.77. The number of imidazole rings is 1. The Kier molecular flexibility index (Phi) is 4.06. The Morgan fingerprint density at radius 1 is 1.26 bits per heavy atom. The molecule has 0 radical (unpaired) electrons. The Morgan fingerprint density at radius 3 is 2.84 bits per heavy atom. The molecule has 0 aromatic carbocycles. The molecule has 0 saturated carbocycles. The topological polar surface area (TPSA) is 41.9 Å². The number of piperidine rings is 1. The number of rotatable bonds is 4. The van der Waals surface area contributed by atoms with E-state index in [1.165, 1.54) is 69.4 Å². The lowest BCUT2D eigenvalue weighted by atomic mass is 9.95. The van der Waals surface area contributed by atoms with Crippen molar-refractivity contribution in [3.05, 3.63) is 11.4 Å². The van der Waals surface area contributed by atoms with Gasteiger partial charge in [-0.25, -0.2) is 4.98 Å². The predicted octanol–water partition coefficient (Wildman–Crippen LogP) is 2.10. The van der Waals surface area contributed by atoms with E-state index in [4.69, 9.17) is 4.98 Å². The van der Waals surface area contributed by atoms with Gasteiger partial charge in [0.15, 0.2) is 0 Å². The van der Waals surface area contributed by atoms with Gasteiger partial charge in [-0.1, -0.05) is 0 Å². The van der Waals surface area contributed by atoms with E-state index < -0.39 is 0 Å². The quantitative estimate of drug-likeness (QED) is 0.873. The number of nitrogens with one attached hydrogen (secondary N) is 2. The van der Waals surface area contributed by atoms with E-state index in [0.29, 0.717) is 0 Å². The van der Waals surface area contributed by atoms with Crippen LogP contribution in [0.3, 0.4) is 0 Å². The summed E-state index contributed by atoms with van der Waals surface area (Å²) < 4.78 is 2.27. The lowest BCUT2D eigenvalue weighted by Crippen LogP contribution is -2.28. The zero-order chi connectivity index (χ0) is 13.1. The summed E-state index contributed by atoms with van der Waals surface area (Å²) in [5.74, 6) is 1.98. The normalized spacial score (nSPS) is 20.3. The van der Waals surface area contributed by atoms with Crippen LogP contribution in [0.4, 0.5) is 5.95 Å². The van der Waals surface area contributed by atoms with Gasteiger partial charge in [-0.05, 0) is 64.0 Å². The Bertz CT molecular complexity index is 418. The van der Waals surface area contributed by atoms with Crippen LogP contribution in [0.5, 0.6) is 0 Å². The SMILES string of the molecule is Cn1c(NCCC2CCNCC2)nc2c1CCCC2. The molecule has 1 aromatic heterocycles. The molecule has 0 bridgehead atoms. The number of nitrogens with zero attached hydrogens (tertiary/aromatic N) is 2. The Hall–Kier alpha value is -1.03. The second-order valence-electron chi connectivity index (χ2n) is 6.00. The van der Waals surface area contributed by atoms with Gasteiger partial charge in [0, 0.05) is 19.3 Å². The summed E-state index contributed by atoms with van der Waals surface area (Å²) in [7, 11) is 2.16. The zero-order valence-corrected chi connectivity index (χ0v) is 12.0. The Morgan fingerprint density at radius 2 is 2.05 bits per heavy atom. The largest absolute Gasteiger partial charge is 0.356 e. The van der Waals surface area contributed by atoms with E-state index in [1.807, 2.05) is 0 Å². The highest BCUT2D eigenvalue weighted by atomic mass is 15.2. The number of fused-ring (bicyclic) bond motifs is 1. The first kappa shape index (κ1) is 13.0. The summed E-state index contributed by atoms with van der Waals surface area (Å²) in [5.41, 5.74) is 2.79. The fourth-order valence-electron chi connectivity index (χ4n) is 3.40. The summed E-state index contributed by atoms with van der Waals surface area (Å²) in [5, 5.41) is 6.98. The molecule has 0 amide bonds. The van der Waals surface area contributed by atoms with Crippen LogP contribution < -0.4 is 10.6 Å². The molecule has 1 aliphatic heterocycles. The smallest absolute Gasteiger partial charge is 0.203 e. The van der Waals surface area contributed by atoms with Crippen molar-refractivity contribution < 1.29 is 0 Å². The highest BCUT2D eigenvalue weighted by molar-refractivity contribution is 5.35. The first-order chi connectivity index (χ1) is 9.34. The van der Waals surface area contributed by atoms with Crippen LogP contribution in [0.25, 0.3) is 0 Å². The van der Waals surface area contributed by atoms with Crippen LogP contribution in [0, 0.1) is 5.92 Å². The minimum absolute atomic E-state index is 0.892. The molecule has 4 heteroatoms. The summed E-state index contributed by atoms with van der Waals surface area (Å²) in [4.78, 5) is 4.77. The minimum atomic E-state index is 0.892. The van der Waals surface area contributed by atoms with E-state index in [0.717, 1.165) is 18.4 Å². The van der Waals surface area contributed by atoms with Gasteiger partial charge in [-0.15, -0.1) is 0 Å². The van der Waals surface area contributed by atoms with Crippen molar-refractivity contribution in [2.24, 2.45) is 13.0 Å². The molecule has 1 aromatic rings. The third kappa shape index (κ3) is 2.94. The van der Waals surface area contributed by atoms with Crippen LogP contribution in [-0.2, 0) is 19.9 Å². The monoisotopic (exact) mass is 262 g/mol. The number of aryl methyl sites for hydroxylation is 1. The number of aromatic nitrogens is 2. The minimum Gasteiger partial charge on any atom is -0.356 e. The molecule has 106 valence electrons. The van der Waals surface area contributed by atoms with E-state index >= 15 is 0 Å². The summed E-state index contributed by atoms with van der Waals surface area (Å²) in [6, 6.07) is 0. The zero-order valence-electron chi connectivity index (χ0n) is 12.0. The third-order valence-electron chi connectivity index (χ3n) is 4.67. The summed E-state index contributed by atoms with van der Waals surface area (Å²) in [6.07, 6.45) is 8.93. The summed E-state index contributed by atoms with van der Waals surface area (Å²) >= 11 is 0. The van der Waals surface area contributed by atoms with Crippen LogP contribution in [0.15, 0.2) is 0 Å². The fraction of sp³-hybridized carbons (Fsp3) is 0.800. The van der Waals surface area contributed by atoms with Gasteiger partial charge < -0.3 is 15.2 Å². The molecule has 1 aliphatic carbocycles. The standard InChI is InChI=1S/C15H26N4/c1-19-14-5-3-2-4-13(14)18-15(19)17-11-8-12-6-9-16-10-7-12/h12,16H,2-11H2,1H3,(H,17,18). The van der Waals surface area contributed by atoms with Gasteiger partial charge in [0.05, 0.1) is 5.69 Å². The second kappa shape index (κ2) is 5.95. The molecule has 19 heavy (non-hydrogen) atoms. The van der Waals surface area contributed by atoms with E-state index in [9.17, 15) is 0 Å². The highest BCUT2D eigenvalue weighted by Gasteiger charge is 2.18. The van der Waals surface area contributed by atoms with Crippen LogP contribution in [0.2, 0.25) is 0 Å².